The summed E-state index contributed by atoms with van der Waals surface area (Å²) in [6.45, 7) is 0.684. The molecule has 1 fully saturated rings. The lowest BCUT2D eigenvalue weighted by Gasteiger charge is -2.15. The number of ether oxygens (including phenoxy) is 1. The molecule has 0 aliphatic heterocycles. The van der Waals surface area contributed by atoms with Crippen molar-refractivity contribution in [2.24, 2.45) is 0 Å². The SMILES string of the molecule is Clc1ccc(COC2CCCC2Br)cc1. The van der Waals surface area contributed by atoms with Crippen molar-refractivity contribution in [3.05, 3.63) is 34.9 Å². The second-order valence-corrected chi connectivity index (χ2v) is 5.54. The Hall–Kier alpha value is -0.0500. The maximum atomic E-state index is 5.85. The van der Waals surface area contributed by atoms with Gasteiger partial charge in [0.15, 0.2) is 0 Å². The van der Waals surface area contributed by atoms with E-state index in [1.165, 1.54) is 24.8 Å². The minimum absolute atomic E-state index is 0.376. The smallest absolute Gasteiger partial charge is 0.0721 e. The van der Waals surface area contributed by atoms with Crippen LogP contribution < -0.4 is 0 Å². The molecule has 0 bridgehead atoms. The van der Waals surface area contributed by atoms with E-state index >= 15 is 0 Å². The van der Waals surface area contributed by atoms with Crippen LogP contribution >= 0.6 is 27.5 Å². The van der Waals surface area contributed by atoms with Crippen LogP contribution in [-0.4, -0.2) is 10.9 Å². The molecule has 15 heavy (non-hydrogen) atoms. The third kappa shape index (κ3) is 3.20. The molecule has 2 atom stereocenters. The lowest BCUT2D eigenvalue weighted by atomic mass is 10.2. The van der Waals surface area contributed by atoms with Gasteiger partial charge in [-0.15, -0.1) is 0 Å². The molecule has 3 heteroatoms. The molecular formula is C12H14BrClO. The van der Waals surface area contributed by atoms with Crippen LogP contribution in [0, 0.1) is 0 Å². The fraction of sp³-hybridized carbons (Fsp3) is 0.500. The molecule has 1 aliphatic rings. The first-order chi connectivity index (χ1) is 7.25. The van der Waals surface area contributed by atoms with Gasteiger partial charge in [-0.2, -0.15) is 0 Å². The fourth-order valence-corrected chi connectivity index (χ4v) is 2.72. The second-order valence-electron chi connectivity index (χ2n) is 3.92. The molecule has 1 aliphatic carbocycles. The van der Waals surface area contributed by atoms with Crippen molar-refractivity contribution in [3.63, 3.8) is 0 Å². The number of hydrogen-bond donors (Lipinski definition) is 0. The molecule has 0 aromatic heterocycles. The van der Waals surface area contributed by atoms with E-state index in [2.05, 4.69) is 15.9 Å². The van der Waals surface area contributed by atoms with Gasteiger partial charge < -0.3 is 4.74 Å². The van der Waals surface area contributed by atoms with E-state index in [9.17, 15) is 0 Å². The third-order valence-corrected chi connectivity index (χ3v) is 4.05. The van der Waals surface area contributed by atoms with Crippen molar-refractivity contribution in [2.45, 2.75) is 36.8 Å². The van der Waals surface area contributed by atoms with Crippen LogP contribution in [0.25, 0.3) is 0 Å². The molecule has 1 nitrogen and oxygen atoms in total. The van der Waals surface area contributed by atoms with E-state index in [0.717, 1.165) is 5.02 Å². The van der Waals surface area contributed by atoms with Crippen LogP contribution in [0.1, 0.15) is 24.8 Å². The van der Waals surface area contributed by atoms with Crippen molar-refractivity contribution in [1.82, 2.24) is 0 Å². The van der Waals surface area contributed by atoms with Crippen molar-refractivity contribution < 1.29 is 4.74 Å². The van der Waals surface area contributed by atoms with Crippen molar-refractivity contribution in [1.29, 1.82) is 0 Å². The Bertz CT molecular complexity index is 312. The van der Waals surface area contributed by atoms with E-state index in [0.29, 0.717) is 17.5 Å². The topological polar surface area (TPSA) is 9.23 Å². The highest BCUT2D eigenvalue weighted by Gasteiger charge is 2.25. The first-order valence-corrected chi connectivity index (χ1v) is 6.55. The molecule has 2 unspecified atom stereocenters. The molecule has 0 amide bonds. The lowest BCUT2D eigenvalue weighted by Crippen LogP contribution is -2.17. The van der Waals surface area contributed by atoms with Gasteiger partial charge in [0.05, 0.1) is 12.7 Å². The van der Waals surface area contributed by atoms with Gasteiger partial charge in [0.2, 0.25) is 0 Å². The monoisotopic (exact) mass is 288 g/mol. The Kier molecular flexibility index (Phi) is 4.06. The minimum Gasteiger partial charge on any atom is -0.372 e. The van der Waals surface area contributed by atoms with Crippen LogP contribution in [0.4, 0.5) is 0 Å². The highest BCUT2D eigenvalue weighted by Crippen LogP contribution is 2.28. The van der Waals surface area contributed by atoms with E-state index in [1.54, 1.807) is 0 Å². The first-order valence-electron chi connectivity index (χ1n) is 5.26. The van der Waals surface area contributed by atoms with Crippen LogP contribution in [-0.2, 0) is 11.3 Å². The van der Waals surface area contributed by atoms with Crippen LogP contribution in [0.15, 0.2) is 24.3 Å². The average molecular weight is 290 g/mol. The van der Waals surface area contributed by atoms with Crippen molar-refractivity contribution in [3.8, 4) is 0 Å². The first kappa shape index (κ1) is 11.4. The number of hydrogen-bond acceptors (Lipinski definition) is 1. The minimum atomic E-state index is 0.376. The van der Waals surface area contributed by atoms with E-state index in [1.807, 2.05) is 24.3 Å². The van der Waals surface area contributed by atoms with E-state index in [4.69, 9.17) is 16.3 Å². The maximum absolute atomic E-state index is 5.85. The van der Waals surface area contributed by atoms with Gasteiger partial charge in [-0.05, 0) is 37.0 Å². The summed E-state index contributed by atoms with van der Waals surface area (Å²) < 4.78 is 5.85. The van der Waals surface area contributed by atoms with Gasteiger partial charge >= 0.3 is 0 Å². The van der Waals surface area contributed by atoms with Gasteiger partial charge in [0, 0.05) is 9.85 Å². The van der Waals surface area contributed by atoms with Crippen molar-refractivity contribution >= 4 is 27.5 Å². The molecule has 1 aromatic rings. The third-order valence-electron chi connectivity index (χ3n) is 2.75. The summed E-state index contributed by atoms with van der Waals surface area (Å²) in [5.74, 6) is 0. The summed E-state index contributed by atoms with van der Waals surface area (Å²) in [5, 5.41) is 0.776. The van der Waals surface area contributed by atoms with Crippen LogP contribution in [0.5, 0.6) is 0 Å². The Morgan fingerprint density at radius 1 is 1.27 bits per heavy atom. The summed E-state index contributed by atoms with van der Waals surface area (Å²) in [6, 6.07) is 7.84. The molecule has 0 radical (unpaired) electrons. The van der Waals surface area contributed by atoms with E-state index < -0.39 is 0 Å². The zero-order chi connectivity index (χ0) is 10.7. The summed E-state index contributed by atoms with van der Waals surface area (Å²) >= 11 is 9.46. The van der Waals surface area contributed by atoms with E-state index in [-0.39, 0.29) is 0 Å². The summed E-state index contributed by atoms with van der Waals surface area (Å²) in [4.78, 5) is 0.532. The number of rotatable bonds is 3. The van der Waals surface area contributed by atoms with Crippen LogP contribution in [0.3, 0.4) is 0 Å². The lowest BCUT2D eigenvalue weighted by molar-refractivity contribution is 0.0500. The highest BCUT2D eigenvalue weighted by molar-refractivity contribution is 9.09. The van der Waals surface area contributed by atoms with Gasteiger partial charge in [-0.1, -0.05) is 39.7 Å². The highest BCUT2D eigenvalue weighted by atomic mass is 79.9. The summed E-state index contributed by atoms with van der Waals surface area (Å²) in [6.07, 6.45) is 4.04. The molecule has 82 valence electrons. The quantitative estimate of drug-likeness (QED) is 0.759. The summed E-state index contributed by atoms with van der Waals surface area (Å²) in [7, 11) is 0. The molecule has 1 aromatic carbocycles. The van der Waals surface area contributed by atoms with Gasteiger partial charge in [-0.25, -0.2) is 0 Å². The largest absolute Gasteiger partial charge is 0.372 e. The molecule has 0 saturated heterocycles. The second kappa shape index (κ2) is 5.33. The molecule has 0 heterocycles. The van der Waals surface area contributed by atoms with Gasteiger partial charge in [-0.3, -0.25) is 0 Å². The standard InChI is InChI=1S/C12H14BrClO/c13-11-2-1-3-12(11)15-8-9-4-6-10(14)7-5-9/h4-7,11-12H,1-3,8H2. The average Bonchev–Trinajstić information content (AvgIpc) is 2.63. The number of halogens is 2. The molecule has 2 rings (SSSR count). The molecule has 0 N–H and O–H groups in total. The predicted molar refractivity (Wildman–Crippen MR) is 66.6 cm³/mol. The fourth-order valence-electron chi connectivity index (χ4n) is 1.85. The van der Waals surface area contributed by atoms with Crippen LogP contribution in [0.2, 0.25) is 5.02 Å². The zero-order valence-corrected chi connectivity index (χ0v) is 10.8. The Morgan fingerprint density at radius 2 is 2.00 bits per heavy atom. The summed E-state index contributed by atoms with van der Waals surface area (Å²) in [5.41, 5.74) is 1.19. The number of alkyl halides is 1. The maximum Gasteiger partial charge on any atom is 0.0721 e. The molecule has 0 spiro atoms. The normalized spacial score (nSPS) is 25.7. The Balaban J connectivity index is 1.85. The van der Waals surface area contributed by atoms with Crippen molar-refractivity contribution in [2.75, 3.05) is 0 Å². The molecule has 1 saturated carbocycles. The Labute approximate surface area is 104 Å². The Morgan fingerprint density at radius 3 is 2.60 bits per heavy atom. The van der Waals surface area contributed by atoms with Gasteiger partial charge in [0.1, 0.15) is 0 Å². The number of benzene rings is 1. The zero-order valence-electron chi connectivity index (χ0n) is 8.46. The van der Waals surface area contributed by atoms with Gasteiger partial charge in [0.25, 0.3) is 0 Å². The predicted octanol–water partition coefficient (Wildman–Crippen LogP) is 4.17. The molecular weight excluding hydrogens is 275 g/mol.